The largest absolute Gasteiger partial charge is 0.507 e. The topological polar surface area (TPSA) is 85.3 Å². The fraction of sp³-hybridized carbons (Fsp3) is 0.312. The summed E-state index contributed by atoms with van der Waals surface area (Å²) < 4.78 is 17.2. The molecule has 3 aromatic carbocycles. The molecule has 0 spiro atoms. The van der Waals surface area contributed by atoms with Crippen LogP contribution in [0, 0.1) is 0 Å². The van der Waals surface area contributed by atoms with Gasteiger partial charge in [0.2, 0.25) is 0 Å². The fourth-order valence-electron chi connectivity index (χ4n) is 4.83. The van der Waals surface area contributed by atoms with Gasteiger partial charge >= 0.3 is 0 Å². The first-order valence-electron chi connectivity index (χ1n) is 13.3. The number of benzene rings is 3. The monoisotopic (exact) mass is 529 g/mol. The fourth-order valence-corrected chi connectivity index (χ4v) is 4.83. The molecule has 1 N–H and O–H groups in total. The molecule has 1 heterocycles. The van der Waals surface area contributed by atoms with Gasteiger partial charge in [-0.3, -0.25) is 14.5 Å². The number of carbonyl (C=O) groups is 2. The smallest absolute Gasteiger partial charge is 0.300 e. The molecule has 1 fully saturated rings. The number of aliphatic hydroxyl groups is 1. The van der Waals surface area contributed by atoms with Crippen molar-refractivity contribution in [2.24, 2.45) is 0 Å². The molecule has 4 rings (SSSR count). The summed E-state index contributed by atoms with van der Waals surface area (Å²) in [5.74, 6) is 0.144. The van der Waals surface area contributed by atoms with Crippen LogP contribution in [-0.4, -0.2) is 36.6 Å². The first kappa shape index (κ1) is 27.8. The second kappa shape index (κ2) is 12.1. The maximum Gasteiger partial charge on any atom is 0.300 e. The lowest BCUT2D eigenvalue weighted by molar-refractivity contribution is -0.132. The number of amides is 1. The molecule has 204 valence electrons. The van der Waals surface area contributed by atoms with E-state index in [0.717, 1.165) is 11.3 Å². The number of ketones is 1. The van der Waals surface area contributed by atoms with Crippen LogP contribution in [-0.2, 0) is 9.59 Å². The highest BCUT2D eigenvalue weighted by Crippen LogP contribution is 2.44. The molecule has 1 aliphatic heterocycles. The quantitative estimate of drug-likeness (QED) is 0.180. The summed E-state index contributed by atoms with van der Waals surface area (Å²) in [5.41, 5.74) is 2.53. The lowest BCUT2D eigenvalue weighted by Crippen LogP contribution is -2.29. The van der Waals surface area contributed by atoms with E-state index in [9.17, 15) is 14.7 Å². The zero-order valence-electron chi connectivity index (χ0n) is 23.1. The van der Waals surface area contributed by atoms with E-state index in [1.54, 1.807) is 30.3 Å². The Bertz CT molecular complexity index is 1380. The van der Waals surface area contributed by atoms with E-state index in [1.807, 2.05) is 71.0 Å². The molecule has 0 radical (unpaired) electrons. The van der Waals surface area contributed by atoms with E-state index in [-0.39, 0.29) is 17.3 Å². The summed E-state index contributed by atoms with van der Waals surface area (Å²) in [4.78, 5) is 28.6. The number of hydrogen-bond donors (Lipinski definition) is 1. The van der Waals surface area contributed by atoms with Crippen LogP contribution >= 0.6 is 0 Å². The maximum atomic E-state index is 13.6. The summed E-state index contributed by atoms with van der Waals surface area (Å²) in [5, 5.41) is 11.6. The molecule has 1 saturated heterocycles. The Morgan fingerprint density at radius 2 is 1.44 bits per heavy atom. The van der Waals surface area contributed by atoms with Crippen LogP contribution in [0.3, 0.4) is 0 Å². The molecule has 3 aromatic rings. The molecule has 1 unspecified atom stereocenters. The van der Waals surface area contributed by atoms with Crippen LogP contribution in [0.2, 0.25) is 0 Å². The molecule has 7 nitrogen and oxygen atoms in total. The highest BCUT2D eigenvalue weighted by atomic mass is 16.5. The van der Waals surface area contributed by atoms with Crippen molar-refractivity contribution in [2.45, 2.75) is 46.6 Å². The summed E-state index contributed by atoms with van der Waals surface area (Å²) >= 11 is 0. The van der Waals surface area contributed by atoms with E-state index in [4.69, 9.17) is 14.2 Å². The number of ether oxygens (including phenoxy) is 3. The van der Waals surface area contributed by atoms with Crippen molar-refractivity contribution >= 4 is 23.1 Å². The molecule has 1 atom stereocenters. The van der Waals surface area contributed by atoms with Gasteiger partial charge in [0.15, 0.2) is 11.5 Å². The van der Waals surface area contributed by atoms with Gasteiger partial charge in [0.25, 0.3) is 11.7 Å². The molecule has 0 saturated carbocycles. The number of Topliss-reactive ketones (excluding diaryl/α,β-unsaturated/α-hetero) is 1. The van der Waals surface area contributed by atoms with E-state index in [1.165, 1.54) is 4.90 Å². The third-order valence-electron chi connectivity index (χ3n) is 6.57. The molecule has 0 aliphatic carbocycles. The van der Waals surface area contributed by atoms with Gasteiger partial charge < -0.3 is 19.3 Å². The normalized spacial score (nSPS) is 16.6. The second-order valence-corrected chi connectivity index (χ2v) is 9.42. The first-order valence-corrected chi connectivity index (χ1v) is 13.3. The predicted molar refractivity (Wildman–Crippen MR) is 152 cm³/mol. The molecule has 0 aromatic heterocycles. The number of rotatable bonds is 10. The minimum absolute atomic E-state index is 0.0249. The van der Waals surface area contributed by atoms with Crippen molar-refractivity contribution in [3.63, 3.8) is 0 Å². The standard InChI is InChI=1S/C32H35NO6/c1-6-37-25-16-14-22(18-24(25)20(4)5)30(34)28-29(21-12-10-9-11-13-21)33(32(36)31(28)35)23-15-17-26(38-7-2)27(19-23)39-8-3/h9-20,29,34H,6-8H2,1-5H3/b30-28-. The van der Waals surface area contributed by atoms with Gasteiger partial charge in [-0.25, -0.2) is 0 Å². The van der Waals surface area contributed by atoms with Crippen LogP contribution in [0.15, 0.2) is 72.3 Å². The van der Waals surface area contributed by atoms with Gasteiger partial charge in [0.1, 0.15) is 11.5 Å². The maximum absolute atomic E-state index is 13.6. The predicted octanol–water partition coefficient (Wildman–Crippen LogP) is 6.63. The summed E-state index contributed by atoms with van der Waals surface area (Å²) in [6, 6.07) is 18.9. The molecular formula is C32H35NO6. The Balaban J connectivity index is 1.90. The Hall–Kier alpha value is -4.26. The van der Waals surface area contributed by atoms with Crippen LogP contribution in [0.4, 0.5) is 5.69 Å². The molecular weight excluding hydrogens is 494 g/mol. The van der Waals surface area contributed by atoms with E-state index in [0.29, 0.717) is 48.1 Å². The van der Waals surface area contributed by atoms with Gasteiger partial charge in [-0.05, 0) is 68.1 Å². The Morgan fingerprint density at radius 3 is 2.08 bits per heavy atom. The summed E-state index contributed by atoms with van der Waals surface area (Å²) in [6.07, 6.45) is 0. The third kappa shape index (κ3) is 5.48. The zero-order valence-corrected chi connectivity index (χ0v) is 23.1. The average Bonchev–Trinajstić information content (AvgIpc) is 3.20. The molecule has 1 aliphatic rings. The SMILES string of the molecule is CCOc1ccc(N2C(=O)C(=O)/C(=C(\O)c3ccc(OCC)c(C(C)C)c3)C2c2ccccc2)cc1OCC. The number of aliphatic hydroxyl groups excluding tert-OH is 1. The minimum atomic E-state index is -0.840. The molecule has 0 bridgehead atoms. The average molecular weight is 530 g/mol. The van der Waals surface area contributed by atoms with Crippen LogP contribution in [0.5, 0.6) is 17.2 Å². The number of hydrogen-bond acceptors (Lipinski definition) is 6. The first-order chi connectivity index (χ1) is 18.8. The molecule has 1 amide bonds. The highest BCUT2D eigenvalue weighted by molar-refractivity contribution is 6.51. The summed E-state index contributed by atoms with van der Waals surface area (Å²) in [7, 11) is 0. The van der Waals surface area contributed by atoms with Gasteiger partial charge in [-0.2, -0.15) is 0 Å². The zero-order chi connectivity index (χ0) is 28.1. The van der Waals surface area contributed by atoms with Gasteiger partial charge in [0, 0.05) is 17.3 Å². The van der Waals surface area contributed by atoms with Crippen molar-refractivity contribution in [3.05, 3.63) is 89.0 Å². The lowest BCUT2D eigenvalue weighted by atomic mass is 9.93. The van der Waals surface area contributed by atoms with Crippen molar-refractivity contribution < 1.29 is 28.9 Å². The Kier molecular flexibility index (Phi) is 8.59. The van der Waals surface area contributed by atoms with E-state index in [2.05, 4.69) is 0 Å². The minimum Gasteiger partial charge on any atom is -0.507 e. The van der Waals surface area contributed by atoms with Crippen LogP contribution < -0.4 is 19.1 Å². The van der Waals surface area contributed by atoms with Gasteiger partial charge in [-0.1, -0.05) is 44.2 Å². The van der Waals surface area contributed by atoms with Gasteiger partial charge in [-0.15, -0.1) is 0 Å². The third-order valence-corrected chi connectivity index (χ3v) is 6.57. The van der Waals surface area contributed by atoms with Crippen molar-refractivity contribution in [2.75, 3.05) is 24.7 Å². The Morgan fingerprint density at radius 1 is 0.821 bits per heavy atom. The molecule has 39 heavy (non-hydrogen) atoms. The number of anilines is 1. The van der Waals surface area contributed by atoms with E-state index < -0.39 is 17.7 Å². The number of nitrogens with zero attached hydrogens (tertiary/aromatic N) is 1. The summed E-state index contributed by atoms with van der Waals surface area (Å²) in [6.45, 7) is 11.1. The number of carbonyl (C=O) groups excluding carboxylic acids is 2. The van der Waals surface area contributed by atoms with Gasteiger partial charge in [0.05, 0.1) is 31.4 Å². The highest BCUT2D eigenvalue weighted by Gasteiger charge is 2.47. The van der Waals surface area contributed by atoms with Crippen molar-refractivity contribution in [1.29, 1.82) is 0 Å². The van der Waals surface area contributed by atoms with Crippen molar-refractivity contribution in [1.82, 2.24) is 0 Å². The lowest BCUT2D eigenvalue weighted by Gasteiger charge is -2.26. The van der Waals surface area contributed by atoms with Crippen molar-refractivity contribution in [3.8, 4) is 17.2 Å². The Labute approximate surface area is 229 Å². The van der Waals surface area contributed by atoms with Crippen LogP contribution in [0.1, 0.15) is 63.3 Å². The second-order valence-electron chi connectivity index (χ2n) is 9.42. The molecule has 7 heteroatoms. The van der Waals surface area contributed by atoms with Crippen LogP contribution in [0.25, 0.3) is 5.76 Å². The van der Waals surface area contributed by atoms with E-state index >= 15 is 0 Å².